The summed E-state index contributed by atoms with van der Waals surface area (Å²) >= 11 is 6.44. The van der Waals surface area contributed by atoms with Crippen molar-refractivity contribution >= 4 is 33.4 Å². The number of rotatable bonds is 4. The molecule has 1 fully saturated rings. The number of nitrogens with two attached hydrogens (primary N) is 1. The Morgan fingerprint density at radius 3 is 2.81 bits per heavy atom. The molecule has 3 N–H and O–H groups in total. The Morgan fingerprint density at radius 2 is 2.11 bits per heavy atom. The minimum absolute atomic E-state index is 0.145. The molecule has 1 atom stereocenters. The van der Waals surface area contributed by atoms with Crippen molar-refractivity contribution in [2.75, 3.05) is 37.4 Å². The molecule has 0 radical (unpaired) electrons. The van der Waals surface area contributed by atoms with E-state index in [0.29, 0.717) is 36.2 Å². The molecule has 0 amide bonds. The van der Waals surface area contributed by atoms with Gasteiger partial charge in [0.1, 0.15) is 5.82 Å². The predicted molar refractivity (Wildman–Crippen MR) is 104 cm³/mol. The maximum atomic E-state index is 12.2. The van der Waals surface area contributed by atoms with E-state index in [0.717, 1.165) is 12.1 Å². The summed E-state index contributed by atoms with van der Waals surface area (Å²) in [6.07, 6.45) is 0.797. The first kappa shape index (κ1) is 19.8. The Kier molecular flexibility index (Phi) is 5.85. The zero-order valence-electron chi connectivity index (χ0n) is 15.1. The number of hydrogen-bond acceptors (Lipinski definition) is 7. The number of sulfonamides is 1. The number of hydrogen-bond donors (Lipinski definition) is 2. The molecule has 146 valence electrons. The van der Waals surface area contributed by atoms with E-state index in [1.54, 1.807) is 12.1 Å². The monoisotopic (exact) mass is 411 g/mol. The van der Waals surface area contributed by atoms with Gasteiger partial charge in [0.25, 0.3) is 0 Å². The molecule has 10 heteroatoms. The van der Waals surface area contributed by atoms with Gasteiger partial charge < -0.3 is 15.4 Å². The third-order valence-corrected chi connectivity index (χ3v) is 6.15. The molecule has 27 heavy (non-hydrogen) atoms. The number of nitrogens with zero attached hydrogens (tertiary/aromatic N) is 3. The smallest absolute Gasteiger partial charge is 0.240 e. The van der Waals surface area contributed by atoms with Gasteiger partial charge in [-0.15, -0.1) is 0 Å². The number of nitrogen functional groups attached to an aromatic ring is 1. The van der Waals surface area contributed by atoms with E-state index in [-0.39, 0.29) is 16.9 Å². The van der Waals surface area contributed by atoms with Crippen LogP contribution in [-0.2, 0) is 14.8 Å². The summed E-state index contributed by atoms with van der Waals surface area (Å²) in [5.74, 6) is 0.847. The second-order valence-corrected chi connectivity index (χ2v) is 8.55. The Hall–Kier alpha value is -1.94. The zero-order valence-corrected chi connectivity index (χ0v) is 16.7. The minimum atomic E-state index is -3.59. The van der Waals surface area contributed by atoms with Gasteiger partial charge in [-0.1, -0.05) is 11.6 Å². The van der Waals surface area contributed by atoms with Crippen LogP contribution in [0.25, 0.3) is 0 Å². The number of ether oxygens (including phenoxy) is 1. The van der Waals surface area contributed by atoms with Gasteiger partial charge in [0.05, 0.1) is 17.5 Å². The molecule has 0 spiro atoms. The van der Waals surface area contributed by atoms with E-state index < -0.39 is 10.0 Å². The fourth-order valence-electron chi connectivity index (χ4n) is 3.09. The van der Waals surface area contributed by atoms with Gasteiger partial charge in [-0.3, -0.25) is 0 Å². The van der Waals surface area contributed by atoms with Crippen LogP contribution in [0.5, 0.6) is 0 Å². The van der Waals surface area contributed by atoms with Crippen molar-refractivity contribution in [3.8, 4) is 0 Å². The van der Waals surface area contributed by atoms with Crippen LogP contribution in [0.1, 0.15) is 23.7 Å². The van der Waals surface area contributed by atoms with E-state index >= 15 is 0 Å². The Morgan fingerprint density at radius 1 is 1.33 bits per heavy atom. The van der Waals surface area contributed by atoms with Crippen LogP contribution in [0, 0.1) is 6.92 Å². The quantitative estimate of drug-likeness (QED) is 0.790. The Bertz CT molecular complexity index is 918. The third-order valence-electron chi connectivity index (χ3n) is 4.40. The normalized spacial score (nSPS) is 18.3. The molecule has 0 aliphatic carbocycles. The number of nitrogens with one attached hydrogen (secondary N) is 1. The van der Waals surface area contributed by atoms with E-state index in [4.69, 9.17) is 22.1 Å². The van der Waals surface area contributed by atoms with E-state index in [1.807, 2.05) is 17.9 Å². The van der Waals surface area contributed by atoms with Crippen molar-refractivity contribution in [2.24, 2.45) is 0 Å². The predicted octanol–water partition coefficient (Wildman–Crippen LogP) is 1.90. The third kappa shape index (κ3) is 4.32. The first-order valence-corrected chi connectivity index (χ1v) is 10.4. The van der Waals surface area contributed by atoms with Gasteiger partial charge in [-0.25, -0.2) is 18.1 Å². The van der Waals surface area contributed by atoms with Crippen molar-refractivity contribution in [3.63, 3.8) is 0 Å². The second-order valence-electron chi connectivity index (χ2n) is 6.25. The molecule has 1 aromatic carbocycles. The van der Waals surface area contributed by atoms with Crippen molar-refractivity contribution in [2.45, 2.75) is 24.3 Å². The lowest BCUT2D eigenvalue weighted by molar-refractivity contribution is 0.134. The number of aromatic nitrogens is 2. The summed E-state index contributed by atoms with van der Waals surface area (Å²) in [6, 6.07) is 6.19. The average molecular weight is 412 g/mol. The lowest BCUT2D eigenvalue weighted by Crippen LogP contribution is -2.32. The molecule has 0 saturated carbocycles. The van der Waals surface area contributed by atoms with Crippen LogP contribution in [0.2, 0.25) is 5.02 Å². The summed E-state index contributed by atoms with van der Waals surface area (Å²) in [5, 5.41) is 0.462. The van der Waals surface area contributed by atoms with Crippen LogP contribution < -0.4 is 15.4 Å². The van der Waals surface area contributed by atoms with E-state index in [9.17, 15) is 8.42 Å². The molecule has 1 aliphatic rings. The van der Waals surface area contributed by atoms with Crippen LogP contribution in [-0.4, -0.2) is 45.2 Å². The van der Waals surface area contributed by atoms with Gasteiger partial charge >= 0.3 is 0 Å². The molecule has 1 saturated heterocycles. The molecule has 3 rings (SSSR count). The van der Waals surface area contributed by atoms with Crippen molar-refractivity contribution in [1.82, 2.24) is 14.7 Å². The molecule has 1 unspecified atom stereocenters. The molecule has 2 aromatic rings. The highest BCUT2D eigenvalue weighted by Crippen LogP contribution is 2.34. The fraction of sp³-hybridized carbons (Fsp3) is 0.412. The summed E-state index contributed by atoms with van der Waals surface area (Å²) in [7, 11) is -2.22. The van der Waals surface area contributed by atoms with Crippen LogP contribution in [0.3, 0.4) is 0 Å². The van der Waals surface area contributed by atoms with Crippen LogP contribution in [0.4, 0.5) is 11.8 Å². The Labute approximate surface area is 163 Å². The van der Waals surface area contributed by atoms with Gasteiger partial charge in [0.2, 0.25) is 16.0 Å². The van der Waals surface area contributed by atoms with Gasteiger partial charge in [0, 0.05) is 29.9 Å². The molecule has 2 heterocycles. The number of halogens is 1. The summed E-state index contributed by atoms with van der Waals surface area (Å²) in [6.45, 7) is 3.46. The second kappa shape index (κ2) is 7.97. The number of anilines is 2. The maximum absolute atomic E-state index is 12.2. The van der Waals surface area contributed by atoms with Gasteiger partial charge in [0.15, 0.2) is 0 Å². The highest BCUT2D eigenvalue weighted by atomic mass is 35.5. The molecular weight excluding hydrogens is 390 g/mol. The molecule has 0 bridgehead atoms. The summed E-state index contributed by atoms with van der Waals surface area (Å²) in [4.78, 5) is 10.7. The SMILES string of the molecule is CNS(=O)(=O)c1ccc(Cl)c(C2COCCCN2c2cc(C)nc(N)n2)c1. The van der Waals surface area contributed by atoms with E-state index in [2.05, 4.69) is 14.7 Å². The lowest BCUT2D eigenvalue weighted by atomic mass is 10.1. The van der Waals surface area contributed by atoms with Crippen molar-refractivity contribution in [1.29, 1.82) is 0 Å². The zero-order chi connectivity index (χ0) is 19.6. The fourth-order valence-corrected chi connectivity index (χ4v) is 4.10. The van der Waals surface area contributed by atoms with Crippen LogP contribution in [0.15, 0.2) is 29.2 Å². The highest BCUT2D eigenvalue weighted by molar-refractivity contribution is 7.89. The standard InChI is InChI=1S/C17H22ClN5O3S/c1-11-8-16(22-17(19)21-11)23-6-3-7-26-10-15(23)13-9-12(4-5-14(13)18)27(24,25)20-2/h4-5,8-9,15,20H,3,6-7,10H2,1-2H3,(H2,19,21,22). The topological polar surface area (TPSA) is 110 Å². The average Bonchev–Trinajstić information content (AvgIpc) is 2.87. The van der Waals surface area contributed by atoms with Crippen molar-refractivity contribution in [3.05, 3.63) is 40.5 Å². The molecule has 8 nitrogen and oxygen atoms in total. The Balaban J connectivity index is 2.10. The van der Waals surface area contributed by atoms with Gasteiger partial charge in [-0.2, -0.15) is 4.98 Å². The molecular formula is C17H22ClN5O3S. The first-order chi connectivity index (χ1) is 12.8. The summed E-state index contributed by atoms with van der Waals surface area (Å²) < 4.78 is 32.5. The van der Waals surface area contributed by atoms with E-state index in [1.165, 1.54) is 13.1 Å². The first-order valence-electron chi connectivity index (χ1n) is 8.50. The maximum Gasteiger partial charge on any atom is 0.240 e. The highest BCUT2D eigenvalue weighted by Gasteiger charge is 2.28. The molecule has 1 aromatic heterocycles. The minimum Gasteiger partial charge on any atom is -0.379 e. The van der Waals surface area contributed by atoms with Gasteiger partial charge in [-0.05, 0) is 44.2 Å². The number of aryl methyl sites for hydroxylation is 1. The molecule has 1 aliphatic heterocycles. The lowest BCUT2D eigenvalue weighted by Gasteiger charge is -2.31. The summed E-state index contributed by atoms with van der Waals surface area (Å²) in [5.41, 5.74) is 7.23. The van der Waals surface area contributed by atoms with Crippen molar-refractivity contribution < 1.29 is 13.2 Å². The largest absolute Gasteiger partial charge is 0.379 e. The number of benzene rings is 1. The van der Waals surface area contributed by atoms with Crippen LogP contribution >= 0.6 is 11.6 Å².